The zero-order valence-corrected chi connectivity index (χ0v) is 10.9. The Bertz CT molecular complexity index is 560. The third-order valence-corrected chi connectivity index (χ3v) is 3.14. The average molecular weight is 294 g/mol. The van der Waals surface area contributed by atoms with E-state index in [1.54, 1.807) is 22.9 Å². The number of halogens is 1. The van der Waals surface area contributed by atoms with E-state index in [1.165, 1.54) is 0 Å². The largest absolute Gasteiger partial charge is 0.477 e. The standard InChI is InChI=1S/C13H12BrNO2/c1-2-9-8-10(14)5-6-11(9)15-7-3-4-12(15)13(16)17/h3-8H,2H2,1H3,(H,16,17). The van der Waals surface area contributed by atoms with Crippen LogP contribution >= 0.6 is 15.9 Å². The molecule has 0 unspecified atom stereocenters. The van der Waals surface area contributed by atoms with E-state index in [1.807, 2.05) is 18.2 Å². The van der Waals surface area contributed by atoms with E-state index < -0.39 is 5.97 Å². The zero-order valence-electron chi connectivity index (χ0n) is 9.35. The number of hydrogen-bond acceptors (Lipinski definition) is 1. The van der Waals surface area contributed by atoms with Crippen molar-refractivity contribution in [3.63, 3.8) is 0 Å². The lowest BCUT2D eigenvalue weighted by Gasteiger charge is -2.11. The zero-order chi connectivity index (χ0) is 12.4. The van der Waals surface area contributed by atoms with Crippen LogP contribution in [0.3, 0.4) is 0 Å². The lowest BCUT2D eigenvalue weighted by atomic mass is 10.1. The van der Waals surface area contributed by atoms with Crippen molar-refractivity contribution in [2.75, 3.05) is 0 Å². The Morgan fingerprint density at radius 2 is 2.18 bits per heavy atom. The molecule has 0 aliphatic heterocycles. The highest BCUT2D eigenvalue weighted by molar-refractivity contribution is 9.10. The smallest absolute Gasteiger partial charge is 0.352 e. The number of aromatic carboxylic acids is 1. The van der Waals surface area contributed by atoms with Crippen LogP contribution in [0.15, 0.2) is 41.0 Å². The molecule has 0 amide bonds. The number of carboxylic acid groups (broad SMARTS) is 1. The maximum atomic E-state index is 11.1. The van der Waals surface area contributed by atoms with Gasteiger partial charge >= 0.3 is 5.97 Å². The van der Waals surface area contributed by atoms with Crippen LogP contribution < -0.4 is 0 Å². The first kappa shape index (κ1) is 11.9. The van der Waals surface area contributed by atoms with E-state index in [0.29, 0.717) is 0 Å². The molecule has 1 N–H and O–H groups in total. The summed E-state index contributed by atoms with van der Waals surface area (Å²) >= 11 is 3.42. The summed E-state index contributed by atoms with van der Waals surface area (Å²) in [6, 6.07) is 9.20. The minimum Gasteiger partial charge on any atom is -0.477 e. The molecule has 4 heteroatoms. The molecule has 2 rings (SSSR count). The molecule has 17 heavy (non-hydrogen) atoms. The minimum atomic E-state index is -0.917. The second kappa shape index (κ2) is 4.75. The second-order valence-corrected chi connectivity index (χ2v) is 4.61. The van der Waals surface area contributed by atoms with Gasteiger partial charge in [0.25, 0.3) is 0 Å². The molecule has 0 saturated heterocycles. The minimum absolute atomic E-state index is 0.280. The van der Waals surface area contributed by atoms with Crippen molar-refractivity contribution in [1.82, 2.24) is 4.57 Å². The Morgan fingerprint density at radius 1 is 1.41 bits per heavy atom. The molecular formula is C13H12BrNO2. The number of hydrogen-bond donors (Lipinski definition) is 1. The SMILES string of the molecule is CCc1cc(Br)ccc1-n1cccc1C(=O)O. The number of benzene rings is 1. The van der Waals surface area contributed by atoms with Gasteiger partial charge in [0.15, 0.2) is 0 Å². The third kappa shape index (κ3) is 2.26. The van der Waals surface area contributed by atoms with Crippen molar-refractivity contribution in [3.05, 3.63) is 52.3 Å². The summed E-state index contributed by atoms with van der Waals surface area (Å²) in [6.07, 6.45) is 2.62. The van der Waals surface area contributed by atoms with Gasteiger partial charge in [-0.15, -0.1) is 0 Å². The number of aromatic nitrogens is 1. The topological polar surface area (TPSA) is 42.2 Å². The molecule has 1 heterocycles. The number of nitrogens with zero attached hydrogens (tertiary/aromatic N) is 1. The van der Waals surface area contributed by atoms with Crippen molar-refractivity contribution < 1.29 is 9.90 Å². The first-order chi connectivity index (χ1) is 8.13. The summed E-state index contributed by atoms with van der Waals surface area (Å²) in [5.74, 6) is -0.917. The maximum absolute atomic E-state index is 11.1. The van der Waals surface area contributed by atoms with Gasteiger partial charge in [0.05, 0.1) is 0 Å². The molecule has 3 nitrogen and oxygen atoms in total. The summed E-state index contributed by atoms with van der Waals surface area (Å²) in [5, 5.41) is 9.10. The first-order valence-corrected chi connectivity index (χ1v) is 6.12. The maximum Gasteiger partial charge on any atom is 0.352 e. The van der Waals surface area contributed by atoms with Crippen LogP contribution in [0, 0.1) is 0 Å². The van der Waals surface area contributed by atoms with Crippen LogP contribution in [0.25, 0.3) is 5.69 Å². The monoisotopic (exact) mass is 293 g/mol. The quantitative estimate of drug-likeness (QED) is 0.941. The summed E-state index contributed by atoms with van der Waals surface area (Å²) in [6.45, 7) is 2.05. The van der Waals surface area contributed by atoms with Crippen LogP contribution in [-0.2, 0) is 6.42 Å². The second-order valence-electron chi connectivity index (χ2n) is 3.70. The fourth-order valence-electron chi connectivity index (χ4n) is 1.84. The fourth-order valence-corrected chi connectivity index (χ4v) is 2.25. The molecule has 0 atom stereocenters. The molecule has 0 aliphatic carbocycles. The van der Waals surface area contributed by atoms with E-state index >= 15 is 0 Å². The molecule has 0 bridgehead atoms. The van der Waals surface area contributed by atoms with E-state index in [2.05, 4.69) is 22.9 Å². The van der Waals surface area contributed by atoms with Gasteiger partial charge in [-0.2, -0.15) is 0 Å². The summed E-state index contributed by atoms with van der Waals surface area (Å²) < 4.78 is 2.70. The Morgan fingerprint density at radius 3 is 2.82 bits per heavy atom. The average Bonchev–Trinajstić information content (AvgIpc) is 2.77. The van der Waals surface area contributed by atoms with Crippen LogP contribution in [0.5, 0.6) is 0 Å². The Kier molecular flexibility index (Phi) is 3.33. The molecule has 0 spiro atoms. The van der Waals surface area contributed by atoms with E-state index in [4.69, 9.17) is 5.11 Å². The van der Waals surface area contributed by atoms with Crippen molar-refractivity contribution in [2.45, 2.75) is 13.3 Å². The van der Waals surface area contributed by atoms with Crippen molar-refractivity contribution in [3.8, 4) is 5.69 Å². The van der Waals surface area contributed by atoms with Gasteiger partial charge in [-0.1, -0.05) is 22.9 Å². The molecule has 0 radical (unpaired) electrons. The van der Waals surface area contributed by atoms with E-state index in [9.17, 15) is 4.79 Å². The molecule has 1 aromatic carbocycles. The fraction of sp³-hybridized carbons (Fsp3) is 0.154. The van der Waals surface area contributed by atoms with Gasteiger partial charge in [0.2, 0.25) is 0 Å². The Labute approximate surface area is 108 Å². The molecule has 88 valence electrons. The van der Waals surface area contributed by atoms with Crippen molar-refractivity contribution in [2.24, 2.45) is 0 Å². The van der Waals surface area contributed by atoms with Crippen LogP contribution in [0.4, 0.5) is 0 Å². The Balaban J connectivity index is 2.60. The van der Waals surface area contributed by atoms with Gasteiger partial charge in [0, 0.05) is 16.4 Å². The van der Waals surface area contributed by atoms with E-state index in [0.717, 1.165) is 22.1 Å². The highest BCUT2D eigenvalue weighted by Crippen LogP contribution is 2.22. The highest BCUT2D eigenvalue weighted by Gasteiger charge is 2.12. The van der Waals surface area contributed by atoms with Gasteiger partial charge in [-0.25, -0.2) is 4.79 Å². The number of rotatable bonds is 3. The molecular weight excluding hydrogens is 282 g/mol. The summed E-state index contributed by atoms with van der Waals surface area (Å²) in [5.41, 5.74) is 2.30. The van der Waals surface area contributed by atoms with Gasteiger partial charge in [0.1, 0.15) is 5.69 Å². The molecule has 0 fully saturated rings. The predicted octanol–water partition coefficient (Wildman–Crippen LogP) is 3.50. The van der Waals surface area contributed by atoms with Crippen molar-refractivity contribution in [1.29, 1.82) is 0 Å². The predicted molar refractivity (Wildman–Crippen MR) is 69.8 cm³/mol. The number of carboxylic acids is 1. The van der Waals surface area contributed by atoms with Gasteiger partial charge in [-0.05, 0) is 42.3 Å². The first-order valence-electron chi connectivity index (χ1n) is 5.33. The van der Waals surface area contributed by atoms with E-state index in [-0.39, 0.29) is 5.69 Å². The molecule has 2 aromatic rings. The summed E-state index contributed by atoms with van der Waals surface area (Å²) in [7, 11) is 0. The van der Waals surface area contributed by atoms with Crippen molar-refractivity contribution >= 4 is 21.9 Å². The lowest BCUT2D eigenvalue weighted by Crippen LogP contribution is -2.07. The third-order valence-electron chi connectivity index (χ3n) is 2.65. The van der Waals surface area contributed by atoms with Crippen LogP contribution in [-0.4, -0.2) is 15.6 Å². The number of aryl methyl sites for hydroxylation is 1. The normalized spacial score (nSPS) is 10.5. The van der Waals surface area contributed by atoms with Crippen LogP contribution in [0.2, 0.25) is 0 Å². The molecule has 0 saturated carbocycles. The highest BCUT2D eigenvalue weighted by atomic mass is 79.9. The molecule has 1 aromatic heterocycles. The number of carbonyl (C=O) groups is 1. The molecule has 0 aliphatic rings. The Hall–Kier alpha value is -1.55. The lowest BCUT2D eigenvalue weighted by molar-refractivity contribution is 0.0688. The van der Waals surface area contributed by atoms with Crippen LogP contribution in [0.1, 0.15) is 23.0 Å². The van der Waals surface area contributed by atoms with Gasteiger partial charge < -0.3 is 9.67 Å². The summed E-state index contributed by atoms with van der Waals surface area (Å²) in [4.78, 5) is 11.1. The van der Waals surface area contributed by atoms with Gasteiger partial charge in [-0.3, -0.25) is 0 Å².